The van der Waals surface area contributed by atoms with Gasteiger partial charge in [0.15, 0.2) is 0 Å². The number of nitrogens with one attached hydrogen (secondary N) is 1. The minimum absolute atomic E-state index is 0.407. The molecule has 0 spiro atoms. The third-order valence-electron chi connectivity index (χ3n) is 3.53. The molecule has 1 aromatic rings. The quantitative estimate of drug-likeness (QED) is 0.841. The van der Waals surface area contributed by atoms with Crippen LogP contribution in [-0.4, -0.2) is 19.3 Å². The standard InChI is InChI=1S/C15H23NO/c1-3-12-7-5-8-13(4-2)15(12)16-11-14-9-6-10-17-14/h5,7-8,14,16H,3-4,6,9-11H2,1-2H3. The van der Waals surface area contributed by atoms with Gasteiger partial charge in [-0.3, -0.25) is 0 Å². The van der Waals surface area contributed by atoms with Crippen molar-refractivity contribution in [2.45, 2.75) is 45.6 Å². The molecule has 1 aromatic carbocycles. The molecule has 2 nitrogen and oxygen atoms in total. The summed E-state index contributed by atoms with van der Waals surface area (Å²) < 4.78 is 5.66. The van der Waals surface area contributed by atoms with Crippen molar-refractivity contribution in [1.29, 1.82) is 0 Å². The van der Waals surface area contributed by atoms with E-state index in [1.54, 1.807) is 0 Å². The Morgan fingerprint density at radius 2 is 1.94 bits per heavy atom. The van der Waals surface area contributed by atoms with Gasteiger partial charge in [0, 0.05) is 18.8 Å². The molecule has 1 heterocycles. The van der Waals surface area contributed by atoms with E-state index in [4.69, 9.17) is 4.74 Å². The van der Waals surface area contributed by atoms with Crippen molar-refractivity contribution < 1.29 is 4.74 Å². The summed E-state index contributed by atoms with van der Waals surface area (Å²) in [6, 6.07) is 6.60. The Balaban J connectivity index is 2.06. The predicted molar refractivity (Wildman–Crippen MR) is 72.7 cm³/mol. The van der Waals surface area contributed by atoms with Crippen molar-refractivity contribution in [3.63, 3.8) is 0 Å². The monoisotopic (exact) mass is 233 g/mol. The van der Waals surface area contributed by atoms with Crippen LogP contribution in [0.15, 0.2) is 18.2 Å². The zero-order chi connectivity index (χ0) is 12.1. The van der Waals surface area contributed by atoms with Gasteiger partial charge >= 0.3 is 0 Å². The van der Waals surface area contributed by atoms with Gasteiger partial charge in [-0.1, -0.05) is 32.0 Å². The highest BCUT2D eigenvalue weighted by Gasteiger charge is 2.16. The van der Waals surface area contributed by atoms with E-state index in [0.717, 1.165) is 26.0 Å². The van der Waals surface area contributed by atoms with Crippen LogP contribution < -0.4 is 5.32 Å². The number of hydrogen-bond acceptors (Lipinski definition) is 2. The topological polar surface area (TPSA) is 21.3 Å². The Labute approximate surface area is 104 Å². The highest BCUT2D eigenvalue weighted by Crippen LogP contribution is 2.23. The normalized spacial score (nSPS) is 19.5. The molecule has 94 valence electrons. The number of benzene rings is 1. The van der Waals surface area contributed by atoms with E-state index in [0.29, 0.717) is 6.10 Å². The number of para-hydroxylation sites is 1. The fraction of sp³-hybridized carbons (Fsp3) is 0.600. The fourth-order valence-electron chi connectivity index (χ4n) is 2.49. The SMILES string of the molecule is CCc1cccc(CC)c1NCC1CCCO1. The Kier molecular flexibility index (Phi) is 4.43. The predicted octanol–water partition coefficient (Wildman–Crippen LogP) is 3.40. The van der Waals surface area contributed by atoms with Crippen molar-refractivity contribution in [2.24, 2.45) is 0 Å². The molecule has 0 aromatic heterocycles. The first-order valence-electron chi connectivity index (χ1n) is 6.81. The van der Waals surface area contributed by atoms with E-state index in [1.165, 1.54) is 29.7 Å². The first kappa shape index (κ1) is 12.4. The maximum Gasteiger partial charge on any atom is 0.0748 e. The highest BCUT2D eigenvalue weighted by molar-refractivity contribution is 5.58. The van der Waals surface area contributed by atoms with Gasteiger partial charge in [-0.05, 0) is 36.8 Å². The molecule has 1 saturated heterocycles. The maximum absolute atomic E-state index is 5.66. The van der Waals surface area contributed by atoms with E-state index in [1.807, 2.05) is 0 Å². The van der Waals surface area contributed by atoms with Crippen molar-refractivity contribution in [3.8, 4) is 0 Å². The van der Waals surface area contributed by atoms with Crippen LogP contribution in [0.25, 0.3) is 0 Å². The number of ether oxygens (including phenoxy) is 1. The molecule has 0 amide bonds. The molecule has 0 saturated carbocycles. The Morgan fingerprint density at radius 3 is 2.47 bits per heavy atom. The Bertz CT molecular complexity index is 334. The summed E-state index contributed by atoms with van der Waals surface area (Å²) in [5, 5.41) is 3.60. The molecule has 0 bridgehead atoms. The van der Waals surface area contributed by atoms with Gasteiger partial charge in [-0.25, -0.2) is 0 Å². The third kappa shape index (κ3) is 3.01. The first-order chi connectivity index (χ1) is 8.35. The second-order valence-corrected chi connectivity index (χ2v) is 4.67. The number of aryl methyl sites for hydroxylation is 2. The molecule has 1 aliphatic heterocycles. The number of rotatable bonds is 5. The number of hydrogen-bond donors (Lipinski definition) is 1. The largest absolute Gasteiger partial charge is 0.382 e. The summed E-state index contributed by atoms with van der Waals surface area (Å²) in [6.07, 6.45) is 4.98. The smallest absolute Gasteiger partial charge is 0.0748 e. The molecule has 2 heteroatoms. The molecule has 1 aliphatic rings. The Morgan fingerprint density at radius 1 is 1.24 bits per heavy atom. The maximum atomic E-state index is 5.66. The second kappa shape index (κ2) is 6.06. The van der Waals surface area contributed by atoms with Crippen LogP contribution in [0.5, 0.6) is 0 Å². The molecule has 0 radical (unpaired) electrons. The van der Waals surface area contributed by atoms with Crippen LogP contribution >= 0.6 is 0 Å². The molecular weight excluding hydrogens is 210 g/mol. The van der Waals surface area contributed by atoms with Gasteiger partial charge in [0.25, 0.3) is 0 Å². The van der Waals surface area contributed by atoms with Crippen molar-refractivity contribution in [2.75, 3.05) is 18.5 Å². The zero-order valence-electron chi connectivity index (χ0n) is 11.0. The zero-order valence-corrected chi connectivity index (χ0v) is 11.0. The lowest BCUT2D eigenvalue weighted by Crippen LogP contribution is -2.19. The van der Waals surface area contributed by atoms with Crippen LogP contribution in [0.3, 0.4) is 0 Å². The lowest BCUT2D eigenvalue weighted by molar-refractivity contribution is 0.120. The number of anilines is 1. The summed E-state index contributed by atoms with van der Waals surface area (Å²) in [7, 11) is 0. The summed E-state index contributed by atoms with van der Waals surface area (Å²) >= 11 is 0. The van der Waals surface area contributed by atoms with E-state index in [9.17, 15) is 0 Å². The molecule has 1 fully saturated rings. The van der Waals surface area contributed by atoms with Crippen LogP contribution in [0.4, 0.5) is 5.69 Å². The second-order valence-electron chi connectivity index (χ2n) is 4.67. The summed E-state index contributed by atoms with van der Waals surface area (Å²) in [6.45, 7) is 6.31. The van der Waals surface area contributed by atoms with Crippen molar-refractivity contribution >= 4 is 5.69 Å². The minimum Gasteiger partial charge on any atom is -0.382 e. The summed E-state index contributed by atoms with van der Waals surface area (Å²) in [4.78, 5) is 0. The van der Waals surface area contributed by atoms with Gasteiger partial charge in [0.05, 0.1) is 6.10 Å². The Hall–Kier alpha value is -1.02. The molecule has 2 rings (SSSR count). The van der Waals surface area contributed by atoms with Gasteiger partial charge < -0.3 is 10.1 Å². The highest BCUT2D eigenvalue weighted by atomic mass is 16.5. The molecule has 17 heavy (non-hydrogen) atoms. The van der Waals surface area contributed by atoms with Gasteiger partial charge in [-0.15, -0.1) is 0 Å². The van der Waals surface area contributed by atoms with Crippen LogP contribution in [0.1, 0.15) is 37.8 Å². The minimum atomic E-state index is 0.407. The lowest BCUT2D eigenvalue weighted by Gasteiger charge is -2.17. The van der Waals surface area contributed by atoms with E-state index < -0.39 is 0 Å². The average molecular weight is 233 g/mol. The summed E-state index contributed by atoms with van der Waals surface area (Å²) in [5.74, 6) is 0. The van der Waals surface area contributed by atoms with E-state index >= 15 is 0 Å². The molecular formula is C15H23NO. The van der Waals surface area contributed by atoms with Gasteiger partial charge in [0.1, 0.15) is 0 Å². The average Bonchev–Trinajstić information content (AvgIpc) is 2.88. The van der Waals surface area contributed by atoms with Crippen LogP contribution in [-0.2, 0) is 17.6 Å². The van der Waals surface area contributed by atoms with Crippen LogP contribution in [0.2, 0.25) is 0 Å². The van der Waals surface area contributed by atoms with E-state index in [2.05, 4.69) is 37.4 Å². The summed E-state index contributed by atoms with van der Waals surface area (Å²) in [5.41, 5.74) is 4.18. The van der Waals surface area contributed by atoms with Crippen molar-refractivity contribution in [1.82, 2.24) is 0 Å². The molecule has 1 atom stereocenters. The third-order valence-corrected chi connectivity index (χ3v) is 3.53. The van der Waals surface area contributed by atoms with Crippen molar-refractivity contribution in [3.05, 3.63) is 29.3 Å². The molecule has 0 aliphatic carbocycles. The van der Waals surface area contributed by atoms with Gasteiger partial charge in [-0.2, -0.15) is 0 Å². The van der Waals surface area contributed by atoms with Gasteiger partial charge in [0.2, 0.25) is 0 Å². The molecule has 1 unspecified atom stereocenters. The van der Waals surface area contributed by atoms with E-state index in [-0.39, 0.29) is 0 Å². The van der Waals surface area contributed by atoms with Crippen LogP contribution in [0, 0.1) is 0 Å². The lowest BCUT2D eigenvalue weighted by atomic mass is 10.0. The fourth-order valence-corrected chi connectivity index (χ4v) is 2.49. The first-order valence-corrected chi connectivity index (χ1v) is 6.81. The molecule has 1 N–H and O–H groups in total.